The van der Waals surface area contributed by atoms with Crippen molar-refractivity contribution in [1.29, 1.82) is 0 Å². The summed E-state index contributed by atoms with van der Waals surface area (Å²) in [4.78, 5) is 23.5. The standard InChI is InChI=1S/C18H18BrNO4/c1-24-16-8-6-15(7-9-16)20-18(23)13(11-17(21)22)10-12-2-4-14(19)5-3-12/h2-9,13H,10-11H2,1H3,(H,20,23)(H,21,22)/t13-/m1/s1. The Morgan fingerprint density at radius 2 is 1.75 bits per heavy atom. The van der Waals surface area contributed by atoms with Gasteiger partial charge in [0.15, 0.2) is 0 Å². The predicted octanol–water partition coefficient (Wildman–Crippen LogP) is 3.73. The molecule has 24 heavy (non-hydrogen) atoms. The van der Waals surface area contributed by atoms with Crippen molar-refractivity contribution in [1.82, 2.24) is 0 Å². The van der Waals surface area contributed by atoms with Gasteiger partial charge >= 0.3 is 5.97 Å². The lowest BCUT2D eigenvalue weighted by molar-refractivity contribution is -0.140. The normalized spacial score (nSPS) is 11.6. The molecule has 0 aliphatic carbocycles. The molecule has 0 spiro atoms. The number of nitrogens with one attached hydrogen (secondary N) is 1. The van der Waals surface area contributed by atoms with E-state index in [1.54, 1.807) is 31.4 Å². The Bertz CT molecular complexity index is 698. The van der Waals surface area contributed by atoms with Gasteiger partial charge < -0.3 is 15.2 Å². The van der Waals surface area contributed by atoms with E-state index in [2.05, 4.69) is 21.2 Å². The summed E-state index contributed by atoms with van der Waals surface area (Å²) in [6.45, 7) is 0. The fourth-order valence-corrected chi connectivity index (χ4v) is 2.56. The Morgan fingerprint density at radius 3 is 2.29 bits per heavy atom. The molecule has 0 saturated heterocycles. The maximum absolute atomic E-state index is 12.5. The van der Waals surface area contributed by atoms with Gasteiger partial charge in [0.1, 0.15) is 5.75 Å². The van der Waals surface area contributed by atoms with E-state index in [4.69, 9.17) is 9.84 Å². The number of amides is 1. The Hall–Kier alpha value is -2.34. The van der Waals surface area contributed by atoms with Gasteiger partial charge in [0.2, 0.25) is 5.91 Å². The van der Waals surface area contributed by atoms with Crippen molar-refractivity contribution in [3.8, 4) is 5.75 Å². The number of benzene rings is 2. The largest absolute Gasteiger partial charge is 0.497 e. The van der Waals surface area contributed by atoms with Gasteiger partial charge in [-0.2, -0.15) is 0 Å². The molecule has 0 aliphatic rings. The van der Waals surface area contributed by atoms with Crippen molar-refractivity contribution >= 4 is 33.5 Å². The maximum atomic E-state index is 12.5. The fraction of sp³-hybridized carbons (Fsp3) is 0.222. The van der Waals surface area contributed by atoms with Crippen LogP contribution in [0.2, 0.25) is 0 Å². The lowest BCUT2D eigenvalue weighted by atomic mass is 9.95. The molecule has 2 aromatic rings. The molecule has 1 amide bonds. The van der Waals surface area contributed by atoms with E-state index in [0.717, 1.165) is 10.0 Å². The van der Waals surface area contributed by atoms with Crippen molar-refractivity contribution in [2.75, 3.05) is 12.4 Å². The molecule has 0 unspecified atom stereocenters. The minimum Gasteiger partial charge on any atom is -0.497 e. The van der Waals surface area contributed by atoms with Gasteiger partial charge in [0, 0.05) is 10.2 Å². The van der Waals surface area contributed by atoms with Gasteiger partial charge in [-0.05, 0) is 48.4 Å². The highest BCUT2D eigenvalue weighted by atomic mass is 79.9. The lowest BCUT2D eigenvalue weighted by Crippen LogP contribution is -2.27. The average molecular weight is 392 g/mol. The van der Waals surface area contributed by atoms with Crippen molar-refractivity contribution in [2.24, 2.45) is 5.92 Å². The molecule has 2 aromatic carbocycles. The Kier molecular flexibility index (Phi) is 6.37. The molecule has 0 bridgehead atoms. The van der Waals surface area contributed by atoms with Crippen LogP contribution in [0.15, 0.2) is 53.0 Å². The van der Waals surface area contributed by atoms with E-state index in [9.17, 15) is 9.59 Å². The summed E-state index contributed by atoms with van der Waals surface area (Å²) in [6.07, 6.45) is 0.139. The van der Waals surface area contributed by atoms with Gasteiger partial charge in [-0.1, -0.05) is 28.1 Å². The molecule has 2 N–H and O–H groups in total. The van der Waals surface area contributed by atoms with Gasteiger partial charge in [0.25, 0.3) is 0 Å². The number of aliphatic carboxylic acids is 1. The highest BCUT2D eigenvalue weighted by molar-refractivity contribution is 9.10. The van der Waals surface area contributed by atoms with E-state index < -0.39 is 11.9 Å². The van der Waals surface area contributed by atoms with Crippen LogP contribution < -0.4 is 10.1 Å². The zero-order valence-corrected chi connectivity index (χ0v) is 14.7. The number of carbonyl (C=O) groups is 2. The molecule has 0 aromatic heterocycles. The van der Waals surface area contributed by atoms with Crippen molar-refractivity contribution in [2.45, 2.75) is 12.8 Å². The van der Waals surface area contributed by atoms with Gasteiger partial charge in [-0.25, -0.2) is 0 Å². The van der Waals surface area contributed by atoms with E-state index in [0.29, 0.717) is 17.9 Å². The molecule has 5 nitrogen and oxygen atoms in total. The van der Waals surface area contributed by atoms with E-state index in [-0.39, 0.29) is 12.3 Å². The SMILES string of the molecule is COc1ccc(NC(=O)[C@@H](CC(=O)O)Cc2ccc(Br)cc2)cc1. The summed E-state index contributed by atoms with van der Waals surface area (Å²) in [7, 11) is 1.56. The average Bonchev–Trinajstić information content (AvgIpc) is 2.56. The number of hydrogen-bond acceptors (Lipinski definition) is 3. The Morgan fingerprint density at radius 1 is 1.12 bits per heavy atom. The second-order valence-electron chi connectivity index (χ2n) is 5.34. The number of carboxylic acids is 1. The molecule has 0 radical (unpaired) electrons. The van der Waals surface area contributed by atoms with Crippen LogP contribution in [0, 0.1) is 5.92 Å². The number of anilines is 1. The summed E-state index contributed by atoms with van der Waals surface area (Å²) in [5.41, 5.74) is 1.52. The van der Waals surface area contributed by atoms with Crippen LogP contribution >= 0.6 is 15.9 Å². The smallest absolute Gasteiger partial charge is 0.304 e. The Balaban J connectivity index is 2.08. The van der Waals surface area contributed by atoms with Gasteiger partial charge in [-0.3, -0.25) is 9.59 Å². The maximum Gasteiger partial charge on any atom is 0.304 e. The van der Waals surface area contributed by atoms with Gasteiger partial charge in [-0.15, -0.1) is 0 Å². The number of hydrogen-bond donors (Lipinski definition) is 2. The summed E-state index contributed by atoms with van der Waals surface area (Å²) in [5, 5.41) is 11.8. The molecule has 0 fully saturated rings. The summed E-state index contributed by atoms with van der Waals surface area (Å²) in [6, 6.07) is 14.4. The van der Waals surface area contributed by atoms with E-state index in [1.165, 1.54) is 0 Å². The molecular formula is C18H18BrNO4. The molecule has 0 aliphatic heterocycles. The molecule has 2 rings (SSSR count). The second kappa shape index (κ2) is 8.49. The zero-order chi connectivity index (χ0) is 17.5. The van der Waals surface area contributed by atoms with Crippen molar-refractivity contribution in [3.63, 3.8) is 0 Å². The minimum atomic E-state index is -0.998. The highest BCUT2D eigenvalue weighted by Gasteiger charge is 2.22. The van der Waals surface area contributed by atoms with Gasteiger partial charge in [0.05, 0.1) is 19.4 Å². The topological polar surface area (TPSA) is 75.6 Å². The zero-order valence-electron chi connectivity index (χ0n) is 13.2. The predicted molar refractivity (Wildman–Crippen MR) is 95.2 cm³/mol. The van der Waals surface area contributed by atoms with Crippen molar-refractivity contribution < 1.29 is 19.4 Å². The third kappa shape index (κ3) is 5.38. The highest BCUT2D eigenvalue weighted by Crippen LogP contribution is 2.20. The van der Waals surface area contributed by atoms with Crippen LogP contribution in [-0.4, -0.2) is 24.1 Å². The number of methoxy groups -OCH3 is 1. The first-order chi connectivity index (χ1) is 11.5. The summed E-state index contributed by atoms with van der Waals surface area (Å²) < 4.78 is 6.00. The molecule has 0 saturated carbocycles. The first-order valence-electron chi connectivity index (χ1n) is 7.39. The lowest BCUT2D eigenvalue weighted by Gasteiger charge is -2.15. The molecule has 1 atom stereocenters. The van der Waals surface area contributed by atoms with Crippen LogP contribution in [0.25, 0.3) is 0 Å². The van der Waals surface area contributed by atoms with E-state index >= 15 is 0 Å². The molecular weight excluding hydrogens is 374 g/mol. The first kappa shape index (κ1) is 18.0. The fourth-order valence-electron chi connectivity index (χ4n) is 2.29. The summed E-state index contributed by atoms with van der Waals surface area (Å²) >= 11 is 3.35. The van der Waals surface area contributed by atoms with Crippen molar-refractivity contribution in [3.05, 3.63) is 58.6 Å². The van der Waals surface area contributed by atoms with Crippen LogP contribution in [0.1, 0.15) is 12.0 Å². The number of carboxylic acid groups (broad SMARTS) is 1. The monoisotopic (exact) mass is 391 g/mol. The number of rotatable bonds is 7. The molecule has 6 heteroatoms. The van der Waals surface area contributed by atoms with Crippen LogP contribution in [0.3, 0.4) is 0 Å². The first-order valence-corrected chi connectivity index (χ1v) is 8.18. The number of ether oxygens (including phenoxy) is 1. The van der Waals surface area contributed by atoms with E-state index in [1.807, 2.05) is 24.3 Å². The number of halogens is 1. The summed E-state index contributed by atoms with van der Waals surface area (Å²) in [5.74, 6) is -1.27. The minimum absolute atomic E-state index is 0.224. The Labute approximate surface area is 148 Å². The number of carbonyl (C=O) groups excluding carboxylic acids is 1. The second-order valence-corrected chi connectivity index (χ2v) is 6.26. The van der Waals surface area contributed by atoms with Crippen LogP contribution in [0.5, 0.6) is 5.75 Å². The third-order valence-electron chi connectivity index (χ3n) is 3.54. The molecule has 0 heterocycles. The van der Waals surface area contributed by atoms with Crippen LogP contribution in [0.4, 0.5) is 5.69 Å². The molecule has 126 valence electrons. The quantitative estimate of drug-likeness (QED) is 0.753. The van der Waals surface area contributed by atoms with Crippen LogP contribution in [-0.2, 0) is 16.0 Å². The third-order valence-corrected chi connectivity index (χ3v) is 4.07.